The van der Waals surface area contributed by atoms with Crippen LogP contribution in [-0.2, 0) is 6.54 Å². The van der Waals surface area contributed by atoms with E-state index in [2.05, 4.69) is 0 Å². The van der Waals surface area contributed by atoms with Gasteiger partial charge in [0.25, 0.3) is 0 Å². The van der Waals surface area contributed by atoms with E-state index in [1.54, 1.807) is 10.6 Å². The fourth-order valence-electron chi connectivity index (χ4n) is 1.50. The maximum absolute atomic E-state index is 13.2. The molecule has 0 fully saturated rings. The monoisotopic (exact) mass is 163 g/mol. The van der Waals surface area contributed by atoms with Crippen LogP contribution < -0.4 is 0 Å². The van der Waals surface area contributed by atoms with E-state index >= 15 is 0 Å². The number of nitrogens with zero attached hydrogens (tertiary/aromatic N) is 1. The van der Waals surface area contributed by atoms with Crippen molar-refractivity contribution in [1.29, 1.82) is 0 Å². The highest BCUT2D eigenvalue weighted by atomic mass is 19.1. The van der Waals surface area contributed by atoms with E-state index in [9.17, 15) is 4.39 Å². The Balaban J connectivity index is 2.81. The van der Waals surface area contributed by atoms with Gasteiger partial charge in [-0.2, -0.15) is 4.39 Å². The molecule has 1 aromatic carbocycles. The molecule has 0 N–H and O–H groups in total. The van der Waals surface area contributed by atoms with Gasteiger partial charge >= 0.3 is 0 Å². The van der Waals surface area contributed by atoms with Gasteiger partial charge in [-0.25, -0.2) is 0 Å². The van der Waals surface area contributed by atoms with E-state index < -0.39 is 0 Å². The van der Waals surface area contributed by atoms with Gasteiger partial charge in [-0.1, -0.05) is 18.2 Å². The van der Waals surface area contributed by atoms with Crippen LogP contribution in [0.1, 0.15) is 6.92 Å². The third-order valence-corrected chi connectivity index (χ3v) is 2.08. The molecule has 0 saturated heterocycles. The van der Waals surface area contributed by atoms with Crippen molar-refractivity contribution < 1.29 is 4.39 Å². The molecule has 1 nitrogen and oxygen atoms in total. The van der Waals surface area contributed by atoms with Gasteiger partial charge in [0, 0.05) is 18.0 Å². The minimum absolute atomic E-state index is 0.154. The first-order valence-corrected chi connectivity index (χ1v) is 4.06. The predicted molar refractivity (Wildman–Crippen MR) is 47.6 cm³/mol. The summed E-state index contributed by atoms with van der Waals surface area (Å²) in [7, 11) is 0. The lowest BCUT2D eigenvalue weighted by Gasteiger charge is -1.99. The van der Waals surface area contributed by atoms with Crippen LogP contribution in [0, 0.1) is 5.95 Å². The molecule has 0 amide bonds. The number of hydrogen-bond acceptors (Lipinski definition) is 0. The largest absolute Gasteiger partial charge is 0.318 e. The van der Waals surface area contributed by atoms with E-state index in [0.29, 0.717) is 6.54 Å². The lowest BCUT2D eigenvalue weighted by Crippen LogP contribution is -1.95. The molecule has 2 aromatic rings. The summed E-state index contributed by atoms with van der Waals surface area (Å²) in [6.45, 7) is 2.62. The first-order valence-electron chi connectivity index (χ1n) is 4.06. The first-order chi connectivity index (χ1) is 5.83. The van der Waals surface area contributed by atoms with Crippen LogP contribution in [0.4, 0.5) is 4.39 Å². The number of halogens is 1. The Hall–Kier alpha value is -1.31. The van der Waals surface area contributed by atoms with E-state index in [0.717, 1.165) is 10.9 Å². The molecule has 1 aromatic heterocycles. The molecule has 2 heteroatoms. The highest BCUT2D eigenvalue weighted by Gasteiger charge is 2.04. The van der Waals surface area contributed by atoms with Gasteiger partial charge in [-0.3, -0.25) is 0 Å². The first kappa shape index (κ1) is 7.35. The maximum Gasteiger partial charge on any atom is 0.194 e. The van der Waals surface area contributed by atoms with Crippen molar-refractivity contribution in [3.05, 3.63) is 36.3 Å². The summed E-state index contributed by atoms with van der Waals surface area (Å²) >= 11 is 0. The smallest absolute Gasteiger partial charge is 0.194 e. The fraction of sp³-hybridized carbons (Fsp3) is 0.200. The topological polar surface area (TPSA) is 4.93 Å². The Morgan fingerprint density at radius 3 is 2.83 bits per heavy atom. The molecule has 1 heterocycles. The zero-order valence-corrected chi connectivity index (χ0v) is 6.92. The molecule has 62 valence electrons. The molecular weight excluding hydrogens is 153 g/mol. The van der Waals surface area contributed by atoms with Crippen molar-refractivity contribution in [2.24, 2.45) is 0 Å². The number of rotatable bonds is 1. The van der Waals surface area contributed by atoms with Crippen molar-refractivity contribution in [3.8, 4) is 0 Å². The molecule has 0 unspecified atom stereocenters. The Kier molecular flexibility index (Phi) is 1.61. The van der Waals surface area contributed by atoms with Crippen LogP contribution in [-0.4, -0.2) is 4.57 Å². The molecule has 0 radical (unpaired) electrons. The second-order valence-electron chi connectivity index (χ2n) is 2.77. The van der Waals surface area contributed by atoms with Gasteiger partial charge < -0.3 is 4.57 Å². The molecule has 0 atom stereocenters. The van der Waals surface area contributed by atoms with Crippen molar-refractivity contribution in [3.63, 3.8) is 0 Å². The third kappa shape index (κ3) is 0.916. The number of aromatic nitrogens is 1. The van der Waals surface area contributed by atoms with Crippen LogP contribution in [0.2, 0.25) is 0 Å². The zero-order chi connectivity index (χ0) is 8.55. The molecule has 0 bridgehead atoms. The minimum Gasteiger partial charge on any atom is -0.318 e. The average molecular weight is 163 g/mol. The summed E-state index contributed by atoms with van der Waals surface area (Å²) in [6.07, 6.45) is 0. The number of benzene rings is 1. The molecular formula is C10H10FN. The van der Waals surface area contributed by atoms with Crippen molar-refractivity contribution in [1.82, 2.24) is 4.57 Å². The van der Waals surface area contributed by atoms with Gasteiger partial charge in [-0.15, -0.1) is 0 Å². The van der Waals surface area contributed by atoms with Crippen molar-refractivity contribution in [2.45, 2.75) is 13.5 Å². The van der Waals surface area contributed by atoms with E-state index in [-0.39, 0.29) is 5.95 Å². The van der Waals surface area contributed by atoms with Crippen LogP contribution in [0.3, 0.4) is 0 Å². The van der Waals surface area contributed by atoms with Gasteiger partial charge in [0.05, 0.1) is 5.52 Å². The maximum atomic E-state index is 13.2. The normalized spacial score (nSPS) is 10.8. The van der Waals surface area contributed by atoms with E-state index in [1.807, 2.05) is 31.2 Å². The number of hydrogen-bond donors (Lipinski definition) is 0. The van der Waals surface area contributed by atoms with Crippen LogP contribution in [0.5, 0.6) is 0 Å². The quantitative estimate of drug-likeness (QED) is 0.609. The summed E-state index contributed by atoms with van der Waals surface area (Å²) in [4.78, 5) is 0. The van der Waals surface area contributed by atoms with Crippen molar-refractivity contribution in [2.75, 3.05) is 0 Å². The van der Waals surface area contributed by atoms with Gasteiger partial charge in [0.2, 0.25) is 0 Å². The standard InChI is InChI=1S/C10H10FN/c1-2-12-9-6-4-3-5-8(9)7-10(12)11/h3-7H,2H2,1H3. The average Bonchev–Trinajstić information content (AvgIpc) is 2.40. The van der Waals surface area contributed by atoms with E-state index in [1.165, 1.54) is 0 Å². The second kappa shape index (κ2) is 2.63. The van der Waals surface area contributed by atoms with Gasteiger partial charge in [0.1, 0.15) is 0 Å². The zero-order valence-electron chi connectivity index (χ0n) is 6.92. The van der Waals surface area contributed by atoms with Crippen LogP contribution >= 0.6 is 0 Å². The summed E-state index contributed by atoms with van der Waals surface area (Å²) in [5, 5.41) is 0.969. The lowest BCUT2D eigenvalue weighted by atomic mass is 10.2. The SMILES string of the molecule is CCn1c(F)cc2ccccc21. The Morgan fingerprint density at radius 1 is 1.33 bits per heavy atom. The molecule has 0 aliphatic rings. The molecule has 12 heavy (non-hydrogen) atoms. The number of para-hydroxylation sites is 1. The van der Waals surface area contributed by atoms with Crippen LogP contribution in [0.15, 0.2) is 30.3 Å². The summed E-state index contributed by atoms with van der Waals surface area (Å²) in [6, 6.07) is 9.26. The molecule has 0 aliphatic carbocycles. The van der Waals surface area contributed by atoms with Gasteiger partial charge in [-0.05, 0) is 13.0 Å². The lowest BCUT2D eigenvalue weighted by molar-refractivity contribution is 0.517. The molecule has 0 saturated carbocycles. The molecule has 0 spiro atoms. The number of fused-ring (bicyclic) bond motifs is 1. The minimum atomic E-state index is -0.154. The third-order valence-electron chi connectivity index (χ3n) is 2.08. The molecule has 2 rings (SSSR count). The molecule has 0 aliphatic heterocycles. The fourth-order valence-corrected chi connectivity index (χ4v) is 1.50. The highest BCUT2D eigenvalue weighted by molar-refractivity contribution is 5.80. The predicted octanol–water partition coefficient (Wildman–Crippen LogP) is 2.80. The Bertz CT molecular complexity index is 403. The summed E-state index contributed by atoms with van der Waals surface area (Å²) in [5.41, 5.74) is 0.970. The summed E-state index contributed by atoms with van der Waals surface area (Å²) < 4.78 is 14.8. The van der Waals surface area contributed by atoms with Crippen LogP contribution in [0.25, 0.3) is 10.9 Å². The highest BCUT2D eigenvalue weighted by Crippen LogP contribution is 2.17. The van der Waals surface area contributed by atoms with Gasteiger partial charge in [0.15, 0.2) is 5.95 Å². The Morgan fingerprint density at radius 2 is 2.08 bits per heavy atom. The summed E-state index contributed by atoms with van der Waals surface area (Å²) in [5.74, 6) is -0.154. The number of aryl methyl sites for hydroxylation is 1. The van der Waals surface area contributed by atoms with Crippen molar-refractivity contribution >= 4 is 10.9 Å². The second-order valence-corrected chi connectivity index (χ2v) is 2.77. The van der Waals surface area contributed by atoms with E-state index in [4.69, 9.17) is 0 Å². The Labute approximate surface area is 70.4 Å².